The van der Waals surface area contributed by atoms with Crippen molar-refractivity contribution in [1.29, 1.82) is 0 Å². The van der Waals surface area contributed by atoms with Gasteiger partial charge in [-0.1, -0.05) is 30.0 Å². The number of carbonyl (C=O) groups excluding carboxylic acids is 1. The number of thiophene rings is 1. The molecular formula is C22H18ClN3OS. The molecule has 0 saturated heterocycles. The van der Waals surface area contributed by atoms with Gasteiger partial charge < -0.3 is 9.88 Å². The van der Waals surface area contributed by atoms with Crippen molar-refractivity contribution in [3.63, 3.8) is 0 Å². The highest BCUT2D eigenvalue weighted by Crippen LogP contribution is 2.28. The van der Waals surface area contributed by atoms with Crippen LogP contribution in [-0.4, -0.2) is 22.9 Å². The maximum absolute atomic E-state index is 9.06. The SMILES string of the molecule is C=CC=O.CNc1cnc2c(c1)c(C#Cc1cc3cc(Cl)ccc3s1)cn2C. The Morgan fingerprint density at radius 3 is 2.79 bits per heavy atom. The summed E-state index contributed by atoms with van der Waals surface area (Å²) in [6.45, 7) is 3.11. The summed E-state index contributed by atoms with van der Waals surface area (Å²) >= 11 is 7.73. The third-order valence-corrected chi connectivity index (χ3v) is 5.26. The number of hydrogen-bond acceptors (Lipinski definition) is 4. The van der Waals surface area contributed by atoms with Gasteiger partial charge in [0.2, 0.25) is 0 Å². The number of hydrogen-bond donors (Lipinski definition) is 1. The van der Waals surface area contributed by atoms with Crippen molar-refractivity contribution in [3.05, 3.63) is 70.8 Å². The number of rotatable bonds is 2. The van der Waals surface area contributed by atoms with Gasteiger partial charge in [0.15, 0.2) is 0 Å². The van der Waals surface area contributed by atoms with Crippen LogP contribution in [0.1, 0.15) is 10.4 Å². The number of pyridine rings is 1. The number of benzene rings is 1. The number of nitrogens with one attached hydrogen (secondary N) is 1. The van der Waals surface area contributed by atoms with Gasteiger partial charge in [-0.25, -0.2) is 4.98 Å². The molecule has 0 amide bonds. The third kappa shape index (κ3) is 4.25. The van der Waals surface area contributed by atoms with Crippen LogP contribution in [0.3, 0.4) is 0 Å². The molecule has 4 rings (SSSR count). The number of anilines is 1. The van der Waals surface area contributed by atoms with E-state index in [1.165, 1.54) is 10.8 Å². The lowest BCUT2D eigenvalue weighted by Crippen LogP contribution is -1.91. The fraction of sp³-hybridized carbons (Fsp3) is 0.0909. The molecule has 28 heavy (non-hydrogen) atoms. The number of carbonyl (C=O) groups is 1. The fourth-order valence-electron chi connectivity index (χ4n) is 2.70. The first-order valence-electron chi connectivity index (χ1n) is 8.46. The molecule has 1 N–H and O–H groups in total. The van der Waals surface area contributed by atoms with Crippen LogP contribution in [0.5, 0.6) is 0 Å². The second kappa shape index (κ2) is 8.75. The lowest BCUT2D eigenvalue weighted by molar-refractivity contribution is -0.104. The van der Waals surface area contributed by atoms with Crippen molar-refractivity contribution >= 4 is 56.0 Å². The molecular weight excluding hydrogens is 390 g/mol. The van der Waals surface area contributed by atoms with Crippen molar-refractivity contribution in [2.45, 2.75) is 0 Å². The highest BCUT2D eigenvalue weighted by atomic mass is 35.5. The molecule has 0 spiro atoms. The van der Waals surface area contributed by atoms with Gasteiger partial charge in [-0.05, 0) is 41.8 Å². The molecule has 3 heterocycles. The second-order valence-corrected chi connectivity index (χ2v) is 7.43. The molecule has 0 radical (unpaired) electrons. The van der Waals surface area contributed by atoms with Gasteiger partial charge in [0.1, 0.15) is 11.9 Å². The van der Waals surface area contributed by atoms with E-state index in [1.54, 1.807) is 11.3 Å². The first-order chi connectivity index (χ1) is 13.5. The zero-order valence-corrected chi connectivity index (χ0v) is 17.1. The van der Waals surface area contributed by atoms with Crippen molar-refractivity contribution in [3.8, 4) is 11.8 Å². The van der Waals surface area contributed by atoms with Crippen LogP contribution >= 0.6 is 22.9 Å². The van der Waals surface area contributed by atoms with Gasteiger partial charge >= 0.3 is 0 Å². The minimum atomic E-state index is 0.639. The van der Waals surface area contributed by atoms with Gasteiger partial charge in [0.05, 0.1) is 22.3 Å². The summed E-state index contributed by atoms with van der Waals surface area (Å²) < 4.78 is 3.20. The molecule has 0 unspecified atom stereocenters. The van der Waals surface area contributed by atoms with Crippen LogP contribution in [0.15, 0.2) is 55.4 Å². The van der Waals surface area contributed by atoms with E-state index in [0.29, 0.717) is 6.29 Å². The van der Waals surface area contributed by atoms with E-state index >= 15 is 0 Å². The number of aromatic nitrogens is 2. The number of aryl methyl sites for hydroxylation is 1. The molecule has 0 aliphatic carbocycles. The highest BCUT2D eigenvalue weighted by molar-refractivity contribution is 7.19. The van der Waals surface area contributed by atoms with E-state index in [4.69, 9.17) is 16.4 Å². The van der Waals surface area contributed by atoms with E-state index in [9.17, 15) is 0 Å². The van der Waals surface area contributed by atoms with E-state index in [-0.39, 0.29) is 0 Å². The van der Waals surface area contributed by atoms with E-state index in [1.807, 2.05) is 49.3 Å². The van der Waals surface area contributed by atoms with Crippen molar-refractivity contribution < 1.29 is 4.79 Å². The molecule has 0 aliphatic heterocycles. The molecule has 4 nitrogen and oxygen atoms in total. The van der Waals surface area contributed by atoms with Gasteiger partial charge in [0, 0.05) is 35.4 Å². The zero-order chi connectivity index (χ0) is 20.1. The summed E-state index contributed by atoms with van der Waals surface area (Å²) in [5.74, 6) is 6.57. The lowest BCUT2D eigenvalue weighted by atomic mass is 10.2. The topological polar surface area (TPSA) is 46.9 Å². The summed E-state index contributed by atoms with van der Waals surface area (Å²) in [4.78, 5) is 14.6. The van der Waals surface area contributed by atoms with Crippen molar-refractivity contribution in [2.75, 3.05) is 12.4 Å². The third-order valence-electron chi connectivity index (χ3n) is 4.00. The Morgan fingerprint density at radius 2 is 2.07 bits per heavy atom. The highest BCUT2D eigenvalue weighted by Gasteiger charge is 2.07. The summed E-state index contributed by atoms with van der Waals surface area (Å²) in [7, 11) is 3.88. The van der Waals surface area contributed by atoms with E-state index in [0.717, 1.165) is 37.6 Å². The average Bonchev–Trinajstić information content (AvgIpc) is 3.26. The minimum absolute atomic E-state index is 0.639. The molecule has 0 atom stereocenters. The number of allylic oxidation sites excluding steroid dienone is 1. The lowest BCUT2D eigenvalue weighted by Gasteiger charge is -1.99. The molecule has 0 saturated carbocycles. The molecule has 4 aromatic rings. The predicted octanol–water partition coefficient (Wildman–Crippen LogP) is 5.25. The number of aldehydes is 1. The maximum atomic E-state index is 9.06. The fourth-order valence-corrected chi connectivity index (χ4v) is 3.78. The number of nitrogens with zero attached hydrogens (tertiary/aromatic N) is 2. The molecule has 0 bridgehead atoms. The van der Waals surface area contributed by atoms with Crippen molar-refractivity contribution in [2.24, 2.45) is 7.05 Å². The smallest absolute Gasteiger partial charge is 0.142 e. The summed E-state index contributed by atoms with van der Waals surface area (Å²) in [6.07, 6.45) is 5.68. The van der Waals surface area contributed by atoms with Crippen LogP contribution < -0.4 is 5.32 Å². The minimum Gasteiger partial charge on any atom is -0.387 e. The monoisotopic (exact) mass is 407 g/mol. The van der Waals surface area contributed by atoms with Crippen LogP contribution in [0, 0.1) is 11.8 Å². The van der Waals surface area contributed by atoms with Gasteiger partial charge in [-0.3, -0.25) is 4.79 Å². The zero-order valence-electron chi connectivity index (χ0n) is 15.5. The Hall–Kier alpha value is -3.07. The quantitative estimate of drug-likeness (QED) is 0.280. The standard InChI is InChI=1S/C19H14ClN3S.C3H4O/c1-21-15-9-17-12(11-23(2)19(17)22-10-15)3-5-16-8-13-7-14(20)4-6-18(13)24-16;1-2-3-4/h4,6-11,21H,1-2H3;2-3H,1H2. The number of fused-ring (bicyclic) bond motifs is 2. The van der Waals surface area contributed by atoms with E-state index < -0.39 is 0 Å². The Balaban J connectivity index is 0.000000516. The molecule has 6 heteroatoms. The van der Waals surface area contributed by atoms with E-state index in [2.05, 4.69) is 40.9 Å². The first-order valence-corrected chi connectivity index (χ1v) is 9.65. The molecule has 140 valence electrons. The van der Waals surface area contributed by atoms with Crippen LogP contribution in [0.2, 0.25) is 5.02 Å². The Morgan fingerprint density at radius 1 is 1.29 bits per heavy atom. The Bertz CT molecular complexity index is 1220. The average molecular weight is 408 g/mol. The summed E-state index contributed by atoms with van der Waals surface area (Å²) in [5.41, 5.74) is 2.89. The Labute approximate surface area is 172 Å². The largest absolute Gasteiger partial charge is 0.387 e. The Kier molecular flexibility index (Phi) is 6.15. The first kappa shape index (κ1) is 19.7. The normalized spacial score (nSPS) is 9.96. The summed E-state index contributed by atoms with van der Waals surface area (Å²) in [5, 5.41) is 6.06. The van der Waals surface area contributed by atoms with Gasteiger partial charge in [-0.2, -0.15) is 0 Å². The molecule has 0 fully saturated rings. The van der Waals surface area contributed by atoms with Gasteiger partial charge in [-0.15, -0.1) is 11.3 Å². The molecule has 1 aromatic carbocycles. The van der Waals surface area contributed by atoms with Crippen molar-refractivity contribution in [1.82, 2.24) is 9.55 Å². The second-order valence-electron chi connectivity index (χ2n) is 5.91. The summed E-state index contributed by atoms with van der Waals surface area (Å²) in [6, 6.07) is 10.1. The van der Waals surface area contributed by atoms with Crippen LogP contribution in [-0.2, 0) is 11.8 Å². The maximum Gasteiger partial charge on any atom is 0.142 e. The molecule has 3 aromatic heterocycles. The van der Waals surface area contributed by atoms with Crippen LogP contribution in [0.4, 0.5) is 5.69 Å². The number of halogens is 1. The van der Waals surface area contributed by atoms with Crippen LogP contribution in [0.25, 0.3) is 21.1 Å². The molecule has 0 aliphatic rings. The predicted molar refractivity (Wildman–Crippen MR) is 119 cm³/mol. The van der Waals surface area contributed by atoms with Gasteiger partial charge in [0.25, 0.3) is 0 Å².